The molecule has 0 saturated carbocycles. The van der Waals surface area contributed by atoms with Crippen molar-refractivity contribution in [1.29, 1.82) is 0 Å². The van der Waals surface area contributed by atoms with Crippen LogP contribution in [0.5, 0.6) is 0 Å². The van der Waals surface area contributed by atoms with E-state index in [1.54, 1.807) is 0 Å². The van der Waals surface area contributed by atoms with Gasteiger partial charge < -0.3 is 20.8 Å². The third-order valence-electron chi connectivity index (χ3n) is 3.11. The van der Waals surface area contributed by atoms with Crippen molar-refractivity contribution in [1.82, 2.24) is 10.6 Å². The molecule has 0 aromatic carbocycles. The number of amides is 1. The highest BCUT2D eigenvalue weighted by Gasteiger charge is 2.33. The number of aliphatic hydroxyl groups is 1. The minimum Gasteiger partial charge on any atom is -0.479 e. The van der Waals surface area contributed by atoms with E-state index in [1.165, 1.54) is 0 Å². The third-order valence-corrected chi connectivity index (χ3v) is 3.11. The molecule has 4 N–H and O–H groups in total. The number of hydrogen-bond donors (Lipinski definition) is 4. The molecule has 6 heteroatoms. The van der Waals surface area contributed by atoms with Gasteiger partial charge in [-0.25, -0.2) is 4.79 Å². The lowest BCUT2D eigenvalue weighted by Crippen LogP contribution is -2.57. The molecule has 0 radical (unpaired) electrons. The first-order valence-corrected chi connectivity index (χ1v) is 5.90. The van der Waals surface area contributed by atoms with E-state index in [2.05, 4.69) is 10.6 Å². The molecule has 1 aliphatic heterocycles. The summed E-state index contributed by atoms with van der Waals surface area (Å²) < 4.78 is 0. The normalized spacial score (nSPS) is 26.2. The zero-order valence-electron chi connectivity index (χ0n) is 10.0. The van der Waals surface area contributed by atoms with E-state index >= 15 is 0 Å². The Morgan fingerprint density at radius 1 is 1.47 bits per heavy atom. The molecular formula is C11H20N2O4. The summed E-state index contributed by atoms with van der Waals surface area (Å²) >= 11 is 0. The lowest BCUT2D eigenvalue weighted by Gasteiger charge is -2.33. The van der Waals surface area contributed by atoms with Crippen molar-refractivity contribution in [2.24, 2.45) is 0 Å². The second-order valence-corrected chi connectivity index (χ2v) is 4.61. The van der Waals surface area contributed by atoms with E-state index < -0.39 is 17.6 Å². The average molecular weight is 244 g/mol. The van der Waals surface area contributed by atoms with Gasteiger partial charge in [-0.05, 0) is 32.7 Å². The van der Waals surface area contributed by atoms with Crippen LogP contribution in [0, 0.1) is 0 Å². The van der Waals surface area contributed by atoms with E-state index in [9.17, 15) is 9.59 Å². The van der Waals surface area contributed by atoms with Crippen LogP contribution >= 0.6 is 0 Å². The van der Waals surface area contributed by atoms with E-state index in [1.807, 2.05) is 6.92 Å². The van der Waals surface area contributed by atoms with Crippen molar-refractivity contribution in [3.63, 3.8) is 0 Å². The predicted molar refractivity (Wildman–Crippen MR) is 61.5 cm³/mol. The molecule has 0 aromatic rings. The standard InChI is InChI=1S/C11H20N2O4/c1-11(5-2-3-6-13-11)10(17)12-7-4-8(14)9(15)16/h8,13-14H,2-7H2,1H3,(H,12,17)(H,15,16)/t8-,11?/m0/s1. The molecular weight excluding hydrogens is 224 g/mol. The first-order chi connectivity index (χ1) is 7.96. The molecule has 0 aromatic heterocycles. The minimum absolute atomic E-state index is 0.0250. The van der Waals surface area contributed by atoms with E-state index in [4.69, 9.17) is 10.2 Å². The average Bonchev–Trinajstić information content (AvgIpc) is 2.29. The smallest absolute Gasteiger partial charge is 0.332 e. The number of carbonyl (C=O) groups excluding carboxylic acids is 1. The van der Waals surface area contributed by atoms with Gasteiger partial charge in [0.05, 0.1) is 5.54 Å². The Morgan fingerprint density at radius 3 is 2.71 bits per heavy atom. The summed E-state index contributed by atoms with van der Waals surface area (Å²) in [6.45, 7) is 2.83. The first kappa shape index (κ1) is 13.9. The zero-order chi connectivity index (χ0) is 12.9. The fourth-order valence-electron chi connectivity index (χ4n) is 1.89. The summed E-state index contributed by atoms with van der Waals surface area (Å²) in [4.78, 5) is 22.2. The fourth-order valence-corrected chi connectivity index (χ4v) is 1.89. The number of carbonyl (C=O) groups is 2. The maximum absolute atomic E-state index is 11.9. The summed E-state index contributed by atoms with van der Waals surface area (Å²) in [5.41, 5.74) is -0.563. The van der Waals surface area contributed by atoms with Gasteiger partial charge in [-0.3, -0.25) is 4.79 Å². The van der Waals surface area contributed by atoms with Crippen LogP contribution in [-0.4, -0.2) is 46.8 Å². The number of rotatable bonds is 5. The largest absolute Gasteiger partial charge is 0.479 e. The Labute approximate surface area is 100 Å². The third kappa shape index (κ3) is 3.98. The second-order valence-electron chi connectivity index (χ2n) is 4.61. The highest BCUT2D eigenvalue weighted by molar-refractivity contribution is 5.86. The summed E-state index contributed by atoms with van der Waals surface area (Å²) in [5, 5.41) is 23.3. The van der Waals surface area contributed by atoms with Crippen LogP contribution in [-0.2, 0) is 9.59 Å². The topological polar surface area (TPSA) is 98.7 Å². The molecule has 1 fully saturated rings. The Balaban J connectivity index is 2.31. The molecule has 1 unspecified atom stereocenters. The van der Waals surface area contributed by atoms with Crippen molar-refractivity contribution in [2.75, 3.05) is 13.1 Å². The van der Waals surface area contributed by atoms with E-state index in [-0.39, 0.29) is 18.9 Å². The molecule has 1 saturated heterocycles. The number of hydrogen-bond acceptors (Lipinski definition) is 4. The van der Waals surface area contributed by atoms with Crippen LogP contribution in [0.2, 0.25) is 0 Å². The Bertz CT molecular complexity index is 287. The zero-order valence-corrected chi connectivity index (χ0v) is 10.0. The predicted octanol–water partition coefficient (Wildman–Crippen LogP) is -0.530. The highest BCUT2D eigenvalue weighted by Crippen LogP contribution is 2.18. The van der Waals surface area contributed by atoms with Gasteiger partial charge in [-0.2, -0.15) is 0 Å². The van der Waals surface area contributed by atoms with Crippen LogP contribution in [0.4, 0.5) is 0 Å². The first-order valence-electron chi connectivity index (χ1n) is 5.90. The van der Waals surface area contributed by atoms with Gasteiger partial charge in [0.15, 0.2) is 6.10 Å². The van der Waals surface area contributed by atoms with Crippen molar-refractivity contribution in [3.05, 3.63) is 0 Å². The molecule has 17 heavy (non-hydrogen) atoms. The molecule has 0 aliphatic carbocycles. The van der Waals surface area contributed by atoms with Gasteiger partial charge in [0.2, 0.25) is 5.91 Å². The molecule has 1 heterocycles. The summed E-state index contributed by atoms with van der Waals surface area (Å²) in [6.07, 6.45) is 1.47. The van der Waals surface area contributed by atoms with Crippen molar-refractivity contribution in [2.45, 2.75) is 44.2 Å². The quantitative estimate of drug-likeness (QED) is 0.521. The Kier molecular flexibility index (Phi) is 4.89. The molecule has 0 bridgehead atoms. The number of piperidine rings is 1. The fraction of sp³-hybridized carbons (Fsp3) is 0.818. The number of aliphatic carboxylic acids is 1. The van der Waals surface area contributed by atoms with Crippen LogP contribution in [0.3, 0.4) is 0 Å². The van der Waals surface area contributed by atoms with Gasteiger partial charge in [0.25, 0.3) is 0 Å². The molecule has 98 valence electrons. The summed E-state index contributed by atoms with van der Waals surface area (Å²) in [7, 11) is 0. The maximum atomic E-state index is 11.9. The molecule has 0 spiro atoms. The van der Waals surface area contributed by atoms with Gasteiger partial charge in [0, 0.05) is 13.0 Å². The SMILES string of the molecule is CC1(C(=O)NCC[C@H](O)C(=O)O)CCCCN1. The van der Waals surface area contributed by atoms with E-state index in [0.29, 0.717) is 0 Å². The monoisotopic (exact) mass is 244 g/mol. The molecule has 1 aliphatic rings. The number of carboxylic acid groups (broad SMARTS) is 1. The van der Waals surface area contributed by atoms with Crippen LogP contribution in [0.15, 0.2) is 0 Å². The maximum Gasteiger partial charge on any atom is 0.332 e. The number of nitrogens with one attached hydrogen (secondary N) is 2. The Morgan fingerprint density at radius 2 is 2.18 bits per heavy atom. The summed E-state index contributed by atoms with van der Waals surface area (Å²) in [6, 6.07) is 0. The van der Waals surface area contributed by atoms with Gasteiger partial charge in [-0.15, -0.1) is 0 Å². The van der Waals surface area contributed by atoms with Crippen molar-refractivity contribution >= 4 is 11.9 Å². The van der Waals surface area contributed by atoms with Crippen LogP contribution in [0.25, 0.3) is 0 Å². The van der Waals surface area contributed by atoms with Crippen LogP contribution in [0.1, 0.15) is 32.6 Å². The highest BCUT2D eigenvalue weighted by atomic mass is 16.4. The second kappa shape index (κ2) is 5.97. The van der Waals surface area contributed by atoms with E-state index in [0.717, 1.165) is 25.8 Å². The van der Waals surface area contributed by atoms with Crippen molar-refractivity contribution < 1.29 is 19.8 Å². The summed E-state index contributed by atoms with van der Waals surface area (Å²) in [5.74, 6) is -1.39. The molecule has 1 amide bonds. The molecule has 2 atom stereocenters. The van der Waals surface area contributed by atoms with Gasteiger partial charge in [0.1, 0.15) is 0 Å². The molecule has 1 rings (SSSR count). The van der Waals surface area contributed by atoms with Crippen LogP contribution < -0.4 is 10.6 Å². The lowest BCUT2D eigenvalue weighted by molar-refractivity contribution is -0.147. The van der Waals surface area contributed by atoms with Gasteiger partial charge >= 0.3 is 5.97 Å². The molecule has 6 nitrogen and oxygen atoms in total. The number of aliphatic hydroxyl groups excluding tert-OH is 1. The Hall–Kier alpha value is -1.14. The van der Waals surface area contributed by atoms with Crippen molar-refractivity contribution in [3.8, 4) is 0 Å². The lowest BCUT2D eigenvalue weighted by atomic mass is 9.90. The van der Waals surface area contributed by atoms with Gasteiger partial charge in [-0.1, -0.05) is 0 Å². The minimum atomic E-state index is -1.41. The number of carboxylic acids is 1.